The van der Waals surface area contributed by atoms with Gasteiger partial charge in [0.05, 0.1) is 10.6 Å². The number of rotatable bonds is 8. The van der Waals surface area contributed by atoms with Crippen LogP contribution in [0.4, 0.5) is 11.4 Å². The van der Waals surface area contributed by atoms with E-state index in [0.29, 0.717) is 35.7 Å². The third kappa shape index (κ3) is 6.18. The van der Waals surface area contributed by atoms with Gasteiger partial charge in [0, 0.05) is 35.8 Å². The lowest BCUT2D eigenvalue weighted by Crippen LogP contribution is -2.20. The summed E-state index contributed by atoms with van der Waals surface area (Å²) in [5.41, 5.74) is 4.74. The summed E-state index contributed by atoms with van der Waals surface area (Å²) in [6, 6.07) is 13.3. The molecule has 0 aliphatic rings. The number of hydrogen-bond donors (Lipinski definition) is 2. The van der Waals surface area contributed by atoms with Crippen LogP contribution in [0.1, 0.15) is 25.3 Å². The summed E-state index contributed by atoms with van der Waals surface area (Å²) in [5, 5.41) is 18.5. The first-order valence-corrected chi connectivity index (χ1v) is 8.41. The number of carbonyl (C=O) groups excluding carboxylic acids is 1. The third-order valence-corrected chi connectivity index (χ3v) is 3.85. The molecule has 0 saturated heterocycles. The number of non-ortho nitro benzene ring substituents is 1. The average molecular weight is 375 g/mol. The maximum absolute atomic E-state index is 11.8. The zero-order chi connectivity index (χ0) is 18.9. The number of nitro groups is 1. The predicted molar refractivity (Wildman–Crippen MR) is 103 cm³/mol. The van der Waals surface area contributed by atoms with Crippen LogP contribution in [0.3, 0.4) is 0 Å². The summed E-state index contributed by atoms with van der Waals surface area (Å²) in [5.74, 6) is -0.191. The number of nitrogens with one attached hydrogen (secondary N) is 2. The van der Waals surface area contributed by atoms with Crippen molar-refractivity contribution in [2.75, 3.05) is 11.9 Å². The molecule has 0 saturated carbocycles. The quantitative estimate of drug-likeness (QED) is 0.316. The number of nitrogens with zero attached hydrogens (tertiary/aromatic N) is 2. The Balaban J connectivity index is 1.73. The molecule has 0 aliphatic carbocycles. The molecule has 2 aromatic carbocycles. The van der Waals surface area contributed by atoms with Crippen molar-refractivity contribution in [1.82, 2.24) is 5.43 Å². The first kappa shape index (κ1) is 19.4. The van der Waals surface area contributed by atoms with Crippen molar-refractivity contribution in [3.63, 3.8) is 0 Å². The second kappa shape index (κ2) is 9.53. The van der Waals surface area contributed by atoms with Crippen LogP contribution in [0.25, 0.3) is 0 Å². The zero-order valence-corrected chi connectivity index (χ0v) is 15.0. The number of hydrazone groups is 1. The highest BCUT2D eigenvalue weighted by molar-refractivity contribution is 6.30. The summed E-state index contributed by atoms with van der Waals surface area (Å²) in [7, 11) is 0. The average Bonchev–Trinajstić information content (AvgIpc) is 2.64. The lowest BCUT2D eigenvalue weighted by molar-refractivity contribution is -0.384. The van der Waals surface area contributed by atoms with Gasteiger partial charge in [-0.2, -0.15) is 5.10 Å². The Hall–Kier alpha value is -2.93. The number of hydrogen-bond acceptors (Lipinski definition) is 5. The molecule has 0 radical (unpaired) electrons. The smallest absolute Gasteiger partial charge is 0.269 e. The van der Waals surface area contributed by atoms with E-state index in [0.717, 1.165) is 5.69 Å². The minimum Gasteiger partial charge on any atom is -0.385 e. The Bertz CT molecular complexity index is 789. The van der Waals surface area contributed by atoms with E-state index in [1.165, 1.54) is 12.1 Å². The van der Waals surface area contributed by atoms with Crippen molar-refractivity contribution in [2.45, 2.75) is 19.8 Å². The summed E-state index contributed by atoms with van der Waals surface area (Å²) in [6.07, 6.45) is 0.984. The monoisotopic (exact) mass is 374 g/mol. The second-order valence-electron chi connectivity index (χ2n) is 5.57. The van der Waals surface area contributed by atoms with Crippen molar-refractivity contribution in [3.8, 4) is 0 Å². The molecule has 2 rings (SSSR count). The Morgan fingerprint density at radius 3 is 2.42 bits per heavy atom. The first-order chi connectivity index (χ1) is 12.5. The minimum atomic E-state index is -0.462. The van der Waals surface area contributed by atoms with Gasteiger partial charge in [0.15, 0.2) is 0 Å². The molecule has 26 heavy (non-hydrogen) atoms. The normalized spacial score (nSPS) is 11.1. The van der Waals surface area contributed by atoms with E-state index in [1.807, 2.05) is 12.1 Å². The van der Waals surface area contributed by atoms with E-state index >= 15 is 0 Å². The van der Waals surface area contributed by atoms with Crippen LogP contribution in [0.2, 0.25) is 5.02 Å². The van der Waals surface area contributed by atoms with Crippen LogP contribution in [-0.4, -0.2) is 23.1 Å². The molecular weight excluding hydrogens is 356 g/mol. The molecule has 0 aliphatic heterocycles. The van der Waals surface area contributed by atoms with Gasteiger partial charge < -0.3 is 5.32 Å². The number of carbonyl (C=O) groups is 1. The van der Waals surface area contributed by atoms with Gasteiger partial charge >= 0.3 is 0 Å². The van der Waals surface area contributed by atoms with Gasteiger partial charge in [-0.05, 0) is 55.3 Å². The second-order valence-corrected chi connectivity index (χ2v) is 6.01. The van der Waals surface area contributed by atoms with Gasteiger partial charge in [0.1, 0.15) is 0 Å². The van der Waals surface area contributed by atoms with E-state index in [-0.39, 0.29) is 11.6 Å². The van der Waals surface area contributed by atoms with Crippen LogP contribution in [0.5, 0.6) is 0 Å². The molecule has 0 fully saturated rings. The molecule has 0 unspecified atom stereocenters. The number of benzene rings is 2. The fourth-order valence-corrected chi connectivity index (χ4v) is 2.27. The maximum Gasteiger partial charge on any atom is 0.269 e. The van der Waals surface area contributed by atoms with Gasteiger partial charge in [-0.15, -0.1) is 0 Å². The largest absolute Gasteiger partial charge is 0.385 e. The van der Waals surface area contributed by atoms with Crippen LogP contribution < -0.4 is 10.7 Å². The van der Waals surface area contributed by atoms with Crippen molar-refractivity contribution in [2.24, 2.45) is 5.10 Å². The van der Waals surface area contributed by atoms with E-state index in [1.54, 1.807) is 31.2 Å². The molecule has 0 atom stereocenters. The number of amides is 1. The third-order valence-electron chi connectivity index (χ3n) is 3.60. The maximum atomic E-state index is 11.8. The van der Waals surface area contributed by atoms with Crippen molar-refractivity contribution >= 4 is 34.6 Å². The highest BCUT2D eigenvalue weighted by atomic mass is 35.5. The SMILES string of the molecule is CC(=NNC(=O)CCCNc1ccc(Cl)cc1)c1ccc([N+](=O)[O-])cc1. The molecule has 0 bridgehead atoms. The first-order valence-electron chi connectivity index (χ1n) is 8.03. The molecule has 136 valence electrons. The molecule has 0 aromatic heterocycles. The number of nitro benzene ring substituents is 1. The summed E-state index contributed by atoms with van der Waals surface area (Å²) < 4.78 is 0. The standard InChI is InChI=1S/C18H19ClN4O3/c1-13(14-4-10-17(11-5-14)23(25)26)21-22-18(24)3-2-12-20-16-8-6-15(19)7-9-16/h4-11,20H,2-3,12H2,1H3,(H,22,24). The van der Waals surface area contributed by atoms with Crippen molar-refractivity contribution < 1.29 is 9.72 Å². The lowest BCUT2D eigenvalue weighted by Gasteiger charge is -2.06. The zero-order valence-electron chi connectivity index (χ0n) is 14.2. The van der Waals surface area contributed by atoms with Gasteiger partial charge in [0.2, 0.25) is 5.91 Å². The molecular formula is C18H19ClN4O3. The van der Waals surface area contributed by atoms with Crippen LogP contribution in [-0.2, 0) is 4.79 Å². The molecule has 7 nitrogen and oxygen atoms in total. The van der Waals surface area contributed by atoms with Gasteiger partial charge in [0.25, 0.3) is 5.69 Å². The molecule has 2 aromatic rings. The minimum absolute atomic E-state index is 0.0128. The summed E-state index contributed by atoms with van der Waals surface area (Å²) in [4.78, 5) is 22.0. The fourth-order valence-electron chi connectivity index (χ4n) is 2.14. The Labute approximate surface area is 156 Å². The predicted octanol–water partition coefficient (Wildman–Crippen LogP) is 3.98. The Kier molecular flexibility index (Phi) is 7.11. The van der Waals surface area contributed by atoms with Gasteiger partial charge in [-0.25, -0.2) is 5.43 Å². The lowest BCUT2D eigenvalue weighted by atomic mass is 10.1. The van der Waals surface area contributed by atoms with Crippen LogP contribution in [0, 0.1) is 10.1 Å². The van der Waals surface area contributed by atoms with Gasteiger partial charge in [-0.3, -0.25) is 14.9 Å². The number of halogens is 1. The Morgan fingerprint density at radius 2 is 1.81 bits per heavy atom. The Morgan fingerprint density at radius 1 is 1.15 bits per heavy atom. The molecule has 1 amide bonds. The highest BCUT2D eigenvalue weighted by Crippen LogP contribution is 2.14. The van der Waals surface area contributed by atoms with E-state index < -0.39 is 4.92 Å². The molecule has 8 heteroatoms. The highest BCUT2D eigenvalue weighted by Gasteiger charge is 2.06. The molecule has 2 N–H and O–H groups in total. The van der Waals surface area contributed by atoms with E-state index in [9.17, 15) is 14.9 Å². The van der Waals surface area contributed by atoms with Crippen LogP contribution >= 0.6 is 11.6 Å². The fraction of sp³-hybridized carbons (Fsp3) is 0.222. The van der Waals surface area contributed by atoms with Gasteiger partial charge in [-0.1, -0.05) is 11.6 Å². The molecule has 0 spiro atoms. The van der Waals surface area contributed by atoms with Crippen molar-refractivity contribution in [3.05, 3.63) is 69.2 Å². The van der Waals surface area contributed by atoms with E-state index in [4.69, 9.17) is 11.6 Å². The topological polar surface area (TPSA) is 96.6 Å². The van der Waals surface area contributed by atoms with Crippen molar-refractivity contribution in [1.29, 1.82) is 0 Å². The summed E-state index contributed by atoms with van der Waals surface area (Å²) in [6.45, 7) is 2.38. The number of anilines is 1. The van der Waals surface area contributed by atoms with E-state index in [2.05, 4.69) is 15.8 Å². The van der Waals surface area contributed by atoms with Crippen LogP contribution in [0.15, 0.2) is 53.6 Å². The summed E-state index contributed by atoms with van der Waals surface area (Å²) >= 11 is 5.82. The molecule has 0 heterocycles.